The molecule has 2 saturated carbocycles. The SMILES string of the molecule is CCOC(=O)N/N=C1\C[C@@H](O)[C@@H](O)[C@@H]2[C@@H]3C(=O)N(Cc4ccc5c(c4)OCO5)C(=O)[C@@H]3CC[C@@H]12. The van der Waals surface area contributed by atoms with Gasteiger partial charge in [-0.25, -0.2) is 10.2 Å². The Bertz CT molecular complexity index is 1040. The summed E-state index contributed by atoms with van der Waals surface area (Å²) in [6.07, 6.45) is -2.03. The van der Waals surface area contributed by atoms with Crippen molar-refractivity contribution in [1.82, 2.24) is 10.3 Å². The number of ether oxygens (including phenoxy) is 3. The number of nitrogens with one attached hydrogen (secondary N) is 1. The molecule has 5 rings (SSSR count). The predicted octanol–water partition coefficient (Wildman–Crippen LogP) is 0.770. The maximum atomic E-state index is 13.5. The number of amides is 3. The average Bonchev–Trinajstić information content (AvgIpc) is 3.38. The first kappa shape index (κ1) is 22.6. The molecule has 1 saturated heterocycles. The Morgan fingerprint density at radius 3 is 2.74 bits per heavy atom. The molecule has 4 aliphatic rings. The fourth-order valence-corrected chi connectivity index (χ4v) is 5.72. The highest BCUT2D eigenvalue weighted by Crippen LogP contribution is 2.50. The van der Waals surface area contributed by atoms with E-state index in [4.69, 9.17) is 14.2 Å². The highest BCUT2D eigenvalue weighted by Gasteiger charge is 2.59. The Hall–Kier alpha value is -3.18. The summed E-state index contributed by atoms with van der Waals surface area (Å²) in [6.45, 7) is 2.07. The molecule has 11 heteroatoms. The zero-order valence-corrected chi connectivity index (χ0v) is 18.7. The number of hydrazone groups is 1. The van der Waals surface area contributed by atoms with Gasteiger partial charge in [-0.2, -0.15) is 5.10 Å². The summed E-state index contributed by atoms with van der Waals surface area (Å²) in [7, 11) is 0. The summed E-state index contributed by atoms with van der Waals surface area (Å²) in [5.41, 5.74) is 3.53. The van der Waals surface area contributed by atoms with Gasteiger partial charge in [-0.1, -0.05) is 6.07 Å². The summed E-state index contributed by atoms with van der Waals surface area (Å²) >= 11 is 0. The number of nitrogens with zero attached hydrogens (tertiary/aromatic N) is 2. The van der Waals surface area contributed by atoms with Crippen LogP contribution in [0.15, 0.2) is 23.3 Å². The molecule has 0 radical (unpaired) electrons. The highest BCUT2D eigenvalue weighted by molar-refractivity contribution is 6.06. The second-order valence-electron chi connectivity index (χ2n) is 9.04. The molecule has 0 bridgehead atoms. The lowest BCUT2D eigenvalue weighted by atomic mass is 9.60. The van der Waals surface area contributed by atoms with Crippen LogP contribution in [0.1, 0.15) is 31.7 Å². The van der Waals surface area contributed by atoms with Gasteiger partial charge in [-0.15, -0.1) is 0 Å². The Kier molecular flexibility index (Phi) is 5.90. The van der Waals surface area contributed by atoms with E-state index in [9.17, 15) is 24.6 Å². The molecule has 6 atom stereocenters. The predicted molar refractivity (Wildman–Crippen MR) is 116 cm³/mol. The van der Waals surface area contributed by atoms with Crippen molar-refractivity contribution in [3.8, 4) is 11.5 Å². The fraction of sp³-hybridized carbons (Fsp3) is 0.565. The van der Waals surface area contributed by atoms with E-state index in [-0.39, 0.29) is 44.1 Å². The lowest BCUT2D eigenvalue weighted by molar-refractivity contribution is -0.142. The van der Waals surface area contributed by atoms with Gasteiger partial charge in [0.2, 0.25) is 18.6 Å². The van der Waals surface area contributed by atoms with Crippen molar-refractivity contribution in [2.24, 2.45) is 28.8 Å². The molecule has 34 heavy (non-hydrogen) atoms. The smallest absolute Gasteiger partial charge is 0.427 e. The van der Waals surface area contributed by atoms with Gasteiger partial charge >= 0.3 is 6.09 Å². The zero-order chi connectivity index (χ0) is 24.0. The van der Waals surface area contributed by atoms with Crippen LogP contribution in [0.3, 0.4) is 0 Å². The minimum atomic E-state index is -1.18. The number of likely N-dealkylation sites (tertiary alicyclic amines) is 1. The molecule has 0 spiro atoms. The lowest BCUT2D eigenvalue weighted by Crippen LogP contribution is -2.55. The second-order valence-corrected chi connectivity index (χ2v) is 9.04. The maximum Gasteiger partial charge on any atom is 0.427 e. The van der Waals surface area contributed by atoms with Gasteiger partial charge < -0.3 is 24.4 Å². The van der Waals surface area contributed by atoms with E-state index in [1.165, 1.54) is 4.90 Å². The van der Waals surface area contributed by atoms with Crippen molar-refractivity contribution in [2.75, 3.05) is 13.4 Å². The number of carbonyl (C=O) groups excluding carboxylic acids is 3. The van der Waals surface area contributed by atoms with Gasteiger partial charge in [-0.05, 0) is 37.5 Å². The van der Waals surface area contributed by atoms with Crippen LogP contribution in [0.25, 0.3) is 0 Å². The average molecular weight is 473 g/mol. The number of aliphatic hydroxyl groups is 2. The zero-order valence-electron chi connectivity index (χ0n) is 18.7. The Balaban J connectivity index is 1.38. The fourth-order valence-electron chi connectivity index (χ4n) is 5.72. The van der Waals surface area contributed by atoms with E-state index in [2.05, 4.69) is 10.5 Å². The molecule has 0 aromatic heterocycles. The van der Waals surface area contributed by atoms with Gasteiger partial charge in [0.05, 0.1) is 37.2 Å². The molecule has 3 fully saturated rings. The summed E-state index contributed by atoms with van der Waals surface area (Å²) in [4.78, 5) is 39.6. The van der Waals surface area contributed by atoms with Crippen molar-refractivity contribution in [2.45, 2.75) is 44.9 Å². The maximum absolute atomic E-state index is 13.5. The number of rotatable bonds is 4. The van der Waals surface area contributed by atoms with Crippen molar-refractivity contribution in [1.29, 1.82) is 0 Å². The number of hydrogen-bond donors (Lipinski definition) is 3. The van der Waals surface area contributed by atoms with E-state index < -0.39 is 36.1 Å². The minimum Gasteiger partial charge on any atom is -0.454 e. The van der Waals surface area contributed by atoms with Gasteiger partial charge in [0.1, 0.15) is 0 Å². The van der Waals surface area contributed by atoms with Crippen LogP contribution in [0, 0.1) is 23.7 Å². The minimum absolute atomic E-state index is 0.0647. The van der Waals surface area contributed by atoms with Crippen LogP contribution >= 0.6 is 0 Å². The summed E-state index contributed by atoms with van der Waals surface area (Å²) in [6, 6.07) is 5.27. The van der Waals surface area contributed by atoms with Crippen molar-refractivity contribution in [3.05, 3.63) is 23.8 Å². The monoisotopic (exact) mass is 473 g/mol. The molecule has 1 aromatic carbocycles. The first-order chi connectivity index (χ1) is 16.4. The van der Waals surface area contributed by atoms with Crippen molar-refractivity contribution < 1.29 is 38.8 Å². The highest BCUT2D eigenvalue weighted by atomic mass is 16.7. The number of imide groups is 1. The third-order valence-corrected chi connectivity index (χ3v) is 7.21. The molecule has 0 unspecified atom stereocenters. The molecular formula is C23H27N3O8. The summed E-state index contributed by atoms with van der Waals surface area (Å²) in [5.74, 6) is -1.82. The van der Waals surface area contributed by atoms with Crippen LogP contribution in [-0.4, -0.2) is 64.3 Å². The first-order valence-electron chi connectivity index (χ1n) is 11.5. The summed E-state index contributed by atoms with van der Waals surface area (Å²) < 4.78 is 15.5. The Morgan fingerprint density at radius 1 is 1.18 bits per heavy atom. The van der Waals surface area contributed by atoms with Crippen molar-refractivity contribution >= 4 is 23.6 Å². The van der Waals surface area contributed by atoms with E-state index >= 15 is 0 Å². The third kappa shape index (κ3) is 3.78. The lowest BCUT2D eigenvalue weighted by Gasteiger charge is -2.45. The number of fused-ring (bicyclic) bond motifs is 4. The molecule has 3 N–H and O–H groups in total. The topological polar surface area (TPSA) is 147 Å². The Labute approximate surface area is 195 Å². The number of hydrogen-bond acceptors (Lipinski definition) is 9. The van der Waals surface area contributed by atoms with Crippen molar-refractivity contribution in [3.63, 3.8) is 0 Å². The molecule has 11 nitrogen and oxygen atoms in total. The van der Waals surface area contributed by atoms with Gasteiger partial charge in [-0.3, -0.25) is 14.5 Å². The van der Waals surface area contributed by atoms with Gasteiger partial charge in [0.15, 0.2) is 11.5 Å². The van der Waals surface area contributed by atoms with Crippen LogP contribution in [-0.2, 0) is 20.9 Å². The first-order valence-corrected chi connectivity index (χ1v) is 11.5. The Morgan fingerprint density at radius 2 is 1.94 bits per heavy atom. The largest absolute Gasteiger partial charge is 0.454 e. The number of aliphatic hydroxyl groups excluding tert-OH is 2. The van der Waals surface area contributed by atoms with Crippen LogP contribution in [0.5, 0.6) is 11.5 Å². The normalized spacial score (nSPS) is 33.0. The summed E-state index contributed by atoms with van der Waals surface area (Å²) in [5, 5.41) is 25.5. The quantitative estimate of drug-likeness (QED) is 0.429. The third-order valence-electron chi connectivity index (χ3n) is 7.21. The number of carbonyl (C=O) groups is 3. The molecular weight excluding hydrogens is 446 g/mol. The molecule has 2 heterocycles. The van der Waals surface area contributed by atoms with E-state index in [0.717, 1.165) is 5.56 Å². The van der Waals surface area contributed by atoms with Crippen LogP contribution in [0.4, 0.5) is 4.79 Å². The molecule has 2 aliphatic heterocycles. The number of benzene rings is 1. The van der Waals surface area contributed by atoms with Gasteiger partial charge in [0.25, 0.3) is 0 Å². The molecule has 2 aliphatic carbocycles. The van der Waals surface area contributed by atoms with E-state index in [1.54, 1.807) is 25.1 Å². The molecule has 3 amide bonds. The van der Waals surface area contributed by atoms with E-state index in [1.807, 2.05) is 0 Å². The van der Waals surface area contributed by atoms with Gasteiger partial charge in [0, 0.05) is 24.0 Å². The standard InChI is InChI=1S/C23H27N3O8/c1-2-32-23(31)25-24-14-8-15(27)20(28)18-12(14)4-5-13-19(18)22(30)26(21(13)29)9-11-3-6-16-17(7-11)34-10-33-16/h3,6-7,12-13,15,18-20,27-28H,2,4-5,8-10H2,1H3,(H,25,31)/b24-14+/t12-,13+,15+,18-,19+,20+/m0/s1. The van der Waals surface area contributed by atoms with Crippen LogP contribution in [0.2, 0.25) is 0 Å². The van der Waals surface area contributed by atoms with E-state index in [0.29, 0.717) is 30.1 Å². The van der Waals surface area contributed by atoms with Crippen LogP contribution < -0.4 is 14.9 Å². The molecule has 1 aromatic rings. The second kappa shape index (κ2) is 8.88. The molecule has 182 valence electrons.